The molecule has 58 valence electrons. The summed E-state index contributed by atoms with van der Waals surface area (Å²) < 4.78 is 0. The minimum Gasteiger partial charge on any atom is -0.545 e. The van der Waals surface area contributed by atoms with Gasteiger partial charge in [0.15, 0.2) is 0 Å². The molecule has 0 saturated carbocycles. The molecule has 1 rings (SSSR count). The van der Waals surface area contributed by atoms with E-state index in [9.17, 15) is 9.90 Å². The molecule has 0 amide bonds. The Morgan fingerprint density at radius 2 is 1.82 bits per heavy atom. The Morgan fingerprint density at radius 3 is 2.18 bits per heavy atom. The minimum atomic E-state index is -1.32. The Bertz CT molecular complexity index is 280. The SMILES string of the molecule is O=C([O-])c1cc(Cl)nc(Cl)c1. The highest BCUT2D eigenvalue weighted by molar-refractivity contribution is 6.32. The van der Waals surface area contributed by atoms with E-state index in [1.165, 1.54) is 12.1 Å². The second-order valence-electron chi connectivity index (χ2n) is 1.79. The fraction of sp³-hybridized carbons (Fsp3) is 0. The van der Waals surface area contributed by atoms with Crippen molar-refractivity contribution in [3.8, 4) is 0 Å². The van der Waals surface area contributed by atoms with Gasteiger partial charge in [-0.2, -0.15) is 0 Å². The lowest BCUT2D eigenvalue weighted by atomic mass is 10.3. The van der Waals surface area contributed by atoms with Gasteiger partial charge in [0.05, 0.1) is 5.97 Å². The molecule has 1 aromatic rings. The van der Waals surface area contributed by atoms with Crippen molar-refractivity contribution in [1.82, 2.24) is 4.98 Å². The molecule has 0 atom stereocenters. The lowest BCUT2D eigenvalue weighted by molar-refractivity contribution is -0.255. The quantitative estimate of drug-likeness (QED) is 0.615. The molecule has 11 heavy (non-hydrogen) atoms. The highest BCUT2D eigenvalue weighted by Crippen LogP contribution is 2.13. The van der Waals surface area contributed by atoms with E-state index < -0.39 is 5.97 Å². The number of rotatable bonds is 1. The van der Waals surface area contributed by atoms with Crippen molar-refractivity contribution in [2.24, 2.45) is 0 Å². The van der Waals surface area contributed by atoms with Crippen LogP contribution in [0, 0.1) is 0 Å². The third kappa shape index (κ3) is 2.06. The van der Waals surface area contributed by atoms with Gasteiger partial charge < -0.3 is 9.90 Å². The third-order valence-electron chi connectivity index (χ3n) is 0.999. The van der Waals surface area contributed by atoms with E-state index in [2.05, 4.69) is 4.98 Å². The summed E-state index contributed by atoms with van der Waals surface area (Å²) in [6.07, 6.45) is 0. The Kier molecular flexibility index (Phi) is 2.31. The lowest BCUT2D eigenvalue weighted by Gasteiger charge is -2.01. The summed E-state index contributed by atoms with van der Waals surface area (Å²) in [5.41, 5.74) is -0.0741. The molecule has 0 aliphatic rings. The number of aromatic carboxylic acids is 1. The molecule has 0 N–H and O–H groups in total. The molecule has 0 saturated heterocycles. The van der Waals surface area contributed by atoms with Crippen LogP contribution in [0.5, 0.6) is 0 Å². The monoisotopic (exact) mass is 190 g/mol. The smallest absolute Gasteiger partial charge is 0.131 e. The number of carbonyl (C=O) groups excluding carboxylic acids is 1. The summed E-state index contributed by atoms with van der Waals surface area (Å²) in [5.74, 6) is -1.32. The summed E-state index contributed by atoms with van der Waals surface area (Å²) in [5, 5.41) is 10.3. The van der Waals surface area contributed by atoms with Gasteiger partial charge in [0.1, 0.15) is 10.3 Å². The van der Waals surface area contributed by atoms with E-state index in [4.69, 9.17) is 23.2 Å². The number of hydrogen-bond acceptors (Lipinski definition) is 3. The summed E-state index contributed by atoms with van der Waals surface area (Å²) in [7, 11) is 0. The maximum Gasteiger partial charge on any atom is 0.131 e. The first-order chi connectivity index (χ1) is 5.09. The molecule has 5 heteroatoms. The molecule has 0 aliphatic heterocycles. The highest BCUT2D eigenvalue weighted by Gasteiger charge is 1.98. The van der Waals surface area contributed by atoms with Crippen LogP contribution >= 0.6 is 23.2 Å². The van der Waals surface area contributed by atoms with Crippen molar-refractivity contribution in [2.75, 3.05) is 0 Å². The van der Waals surface area contributed by atoms with E-state index >= 15 is 0 Å². The number of hydrogen-bond donors (Lipinski definition) is 0. The predicted molar refractivity (Wildman–Crippen MR) is 38.6 cm³/mol. The topological polar surface area (TPSA) is 53.0 Å². The van der Waals surface area contributed by atoms with Crippen LogP contribution in [0.15, 0.2) is 12.1 Å². The van der Waals surface area contributed by atoms with Gasteiger partial charge >= 0.3 is 0 Å². The zero-order valence-corrected chi connectivity index (χ0v) is 6.69. The molecular weight excluding hydrogens is 189 g/mol. The van der Waals surface area contributed by atoms with E-state index in [0.717, 1.165) is 0 Å². The van der Waals surface area contributed by atoms with Crippen molar-refractivity contribution >= 4 is 29.2 Å². The average Bonchev–Trinajstić information content (AvgIpc) is 1.85. The van der Waals surface area contributed by atoms with Gasteiger partial charge in [0.2, 0.25) is 0 Å². The van der Waals surface area contributed by atoms with Gasteiger partial charge in [-0.3, -0.25) is 0 Å². The average molecular weight is 191 g/mol. The Labute approximate surface area is 72.6 Å². The molecular formula is C6H2Cl2NO2-. The zero-order chi connectivity index (χ0) is 8.43. The number of halogens is 2. The zero-order valence-electron chi connectivity index (χ0n) is 5.17. The van der Waals surface area contributed by atoms with Crippen LogP contribution in [0.4, 0.5) is 0 Å². The Balaban J connectivity index is 3.19. The van der Waals surface area contributed by atoms with Gasteiger partial charge in [-0.1, -0.05) is 23.2 Å². The maximum atomic E-state index is 10.2. The second-order valence-corrected chi connectivity index (χ2v) is 2.56. The number of carbonyl (C=O) groups is 1. The second kappa shape index (κ2) is 3.07. The summed E-state index contributed by atoms with van der Waals surface area (Å²) >= 11 is 10.8. The number of carboxylic acids is 1. The largest absolute Gasteiger partial charge is 0.545 e. The third-order valence-corrected chi connectivity index (χ3v) is 1.39. The Morgan fingerprint density at radius 1 is 1.36 bits per heavy atom. The molecule has 0 aromatic carbocycles. The molecule has 0 fully saturated rings. The van der Waals surface area contributed by atoms with E-state index in [1.807, 2.05) is 0 Å². The molecule has 0 radical (unpaired) electrons. The van der Waals surface area contributed by atoms with Crippen LogP contribution < -0.4 is 5.11 Å². The van der Waals surface area contributed by atoms with Gasteiger partial charge in [0.25, 0.3) is 0 Å². The molecule has 3 nitrogen and oxygen atoms in total. The van der Waals surface area contributed by atoms with Crippen LogP contribution in [-0.2, 0) is 0 Å². The maximum absolute atomic E-state index is 10.2. The predicted octanol–water partition coefficient (Wildman–Crippen LogP) is 0.752. The highest BCUT2D eigenvalue weighted by atomic mass is 35.5. The van der Waals surface area contributed by atoms with Crippen molar-refractivity contribution in [2.45, 2.75) is 0 Å². The van der Waals surface area contributed by atoms with E-state index in [1.54, 1.807) is 0 Å². The molecule has 0 aliphatic carbocycles. The first-order valence-corrected chi connectivity index (χ1v) is 3.39. The van der Waals surface area contributed by atoms with Gasteiger partial charge in [-0.15, -0.1) is 0 Å². The number of carboxylic acid groups (broad SMARTS) is 1. The van der Waals surface area contributed by atoms with Crippen LogP contribution in [0.1, 0.15) is 10.4 Å². The van der Waals surface area contributed by atoms with Crippen molar-refractivity contribution in [3.05, 3.63) is 28.0 Å². The summed E-state index contributed by atoms with van der Waals surface area (Å²) in [6.45, 7) is 0. The van der Waals surface area contributed by atoms with Crippen molar-refractivity contribution in [1.29, 1.82) is 0 Å². The summed E-state index contributed by atoms with van der Waals surface area (Å²) in [6, 6.07) is 2.34. The van der Waals surface area contributed by atoms with Crippen LogP contribution in [-0.4, -0.2) is 11.0 Å². The molecule has 0 bridgehead atoms. The van der Waals surface area contributed by atoms with Gasteiger partial charge in [-0.05, 0) is 12.1 Å². The Hall–Kier alpha value is -0.800. The molecule has 0 spiro atoms. The first kappa shape index (κ1) is 8.30. The minimum absolute atomic E-state index is 0.0386. The van der Waals surface area contributed by atoms with E-state index in [-0.39, 0.29) is 15.9 Å². The van der Waals surface area contributed by atoms with Crippen molar-refractivity contribution in [3.63, 3.8) is 0 Å². The number of aromatic nitrogens is 1. The normalized spacial score (nSPS) is 9.64. The number of nitrogens with zero attached hydrogens (tertiary/aromatic N) is 1. The van der Waals surface area contributed by atoms with Gasteiger partial charge in [0, 0.05) is 5.56 Å². The fourth-order valence-electron chi connectivity index (χ4n) is 0.583. The van der Waals surface area contributed by atoms with Crippen LogP contribution in [0.2, 0.25) is 10.3 Å². The molecule has 0 unspecified atom stereocenters. The van der Waals surface area contributed by atoms with Crippen LogP contribution in [0.25, 0.3) is 0 Å². The molecule has 1 aromatic heterocycles. The fourth-order valence-corrected chi connectivity index (χ4v) is 1.04. The van der Waals surface area contributed by atoms with Gasteiger partial charge in [-0.25, -0.2) is 4.98 Å². The molecule has 1 heterocycles. The van der Waals surface area contributed by atoms with Crippen LogP contribution in [0.3, 0.4) is 0 Å². The first-order valence-electron chi connectivity index (χ1n) is 2.64. The van der Waals surface area contributed by atoms with E-state index in [0.29, 0.717) is 0 Å². The van der Waals surface area contributed by atoms with Crippen molar-refractivity contribution < 1.29 is 9.90 Å². The summed E-state index contributed by atoms with van der Waals surface area (Å²) in [4.78, 5) is 13.8. The standard InChI is InChI=1S/C6H3Cl2NO2/c7-4-1-3(6(10)11)2-5(8)9-4/h1-2H,(H,10,11)/p-1. The number of pyridine rings is 1. The lowest BCUT2D eigenvalue weighted by Crippen LogP contribution is -2.22.